The molecule has 18 heavy (non-hydrogen) atoms. The molecule has 0 aromatic heterocycles. The Hall–Kier alpha value is -1.10. The highest BCUT2D eigenvalue weighted by Gasteiger charge is 2.43. The summed E-state index contributed by atoms with van der Waals surface area (Å²) in [5, 5.41) is 2.71. The largest absolute Gasteiger partial charge is 0.325 e. The van der Waals surface area contributed by atoms with Gasteiger partial charge in [-0.1, -0.05) is 12.8 Å². The van der Waals surface area contributed by atoms with E-state index in [1.807, 2.05) is 0 Å². The molecule has 1 N–H and O–H groups in total. The second-order valence-electron chi connectivity index (χ2n) is 5.77. The number of likely N-dealkylation sites (tertiary alicyclic amines) is 1. The summed E-state index contributed by atoms with van der Waals surface area (Å²) in [4.78, 5) is 27.4. The van der Waals surface area contributed by atoms with E-state index in [4.69, 9.17) is 0 Å². The number of carbonyl (C=O) groups is 2. The highest BCUT2D eigenvalue weighted by Crippen LogP contribution is 2.16. The van der Waals surface area contributed by atoms with Gasteiger partial charge in [0.1, 0.15) is 5.54 Å². The smallest absolute Gasteiger partial charge is 0.324 e. The van der Waals surface area contributed by atoms with Gasteiger partial charge in [-0.15, -0.1) is 0 Å². The Morgan fingerprint density at radius 3 is 2.17 bits per heavy atom. The van der Waals surface area contributed by atoms with Crippen LogP contribution in [0.1, 0.15) is 39.5 Å². The van der Waals surface area contributed by atoms with Crippen molar-refractivity contribution in [3.63, 3.8) is 0 Å². The van der Waals surface area contributed by atoms with E-state index >= 15 is 0 Å². The van der Waals surface area contributed by atoms with Crippen molar-refractivity contribution in [3.05, 3.63) is 0 Å². The molecule has 0 unspecified atom stereocenters. The first-order chi connectivity index (χ1) is 8.50. The number of hydrogen-bond donors (Lipinski definition) is 1. The molecule has 2 heterocycles. The third-order valence-corrected chi connectivity index (χ3v) is 3.78. The number of hydrogen-bond acceptors (Lipinski definition) is 3. The van der Waals surface area contributed by atoms with Crippen molar-refractivity contribution in [1.82, 2.24) is 15.1 Å². The summed E-state index contributed by atoms with van der Waals surface area (Å²) >= 11 is 0. The van der Waals surface area contributed by atoms with Crippen molar-refractivity contribution in [3.8, 4) is 0 Å². The molecular weight excluding hydrogens is 230 g/mol. The molecule has 0 aromatic carbocycles. The molecule has 0 radical (unpaired) electrons. The van der Waals surface area contributed by atoms with Crippen LogP contribution in [-0.4, -0.2) is 53.5 Å². The van der Waals surface area contributed by atoms with Gasteiger partial charge in [-0.2, -0.15) is 0 Å². The van der Waals surface area contributed by atoms with Crippen molar-refractivity contribution >= 4 is 11.9 Å². The van der Waals surface area contributed by atoms with Gasteiger partial charge in [0.2, 0.25) is 0 Å². The van der Waals surface area contributed by atoms with Crippen LogP contribution in [0.4, 0.5) is 4.79 Å². The van der Waals surface area contributed by atoms with Gasteiger partial charge in [0.25, 0.3) is 5.91 Å². The topological polar surface area (TPSA) is 52.7 Å². The second kappa shape index (κ2) is 5.26. The third-order valence-electron chi connectivity index (χ3n) is 3.78. The summed E-state index contributed by atoms with van der Waals surface area (Å²) in [6, 6.07) is -0.250. The van der Waals surface area contributed by atoms with Crippen LogP contribution in [0.25, 0.3) is 0 Å². The number of imide groups is 1. The molecule has 2 aliphatic rings. The SMILES string of the molecule is CC1(C)NC(=O)N(CCN2CCCCCC2)C1=O. The summed E-state index contributed by atoms with van der Waals surface area (Å²) in [5.74, 6) is -0.109. The van der Waals surface area contributed by atoms with Crippen molar-refractivity contribution < 1.29 is 9.59 Å². The lowest BCUT2D eigenvalue weighted by molar-refractivity contribution is -0.130. The lowest BCUT2D eigenvalue weighted by Gasteiger charge is -2.22. The number of amides is 3. The molecule has 2 saturated heterocycles. The average Bonchev–Trinajstić information content (AvgIpc) is 2.53. The second-order valence-corrected chi connectivity index (χ2v) is 5.77. The Balaban J connectivity index is 1.86. The fourth-order valence-corrected chi connectivity index (χ4v) is 2.62. The summed E-state index contributed by atoms with van der Waals surface area (Å²) in [5.41, 5.74) is -0.740. The van der Waals surface area contributed by atoms with Gasteiger partial charge in [-0.05, 0) is 39.8 Å². The van der Waals surface area contributed by atoms with Gasteiger partial charge < -0.3 is 10.2 Å². The van der Waals surface area contributed by atoms with Crippen LogP contribution in [0, 0.1) is 0 Å². The quantitative estimate of drug-likeness (QED) is 0.769. The van der Waals surface area contributed by atoms with Crippen molar-refractivity contribution in [1.29, 1.82) is 0 Å². The minimum absolute atomic E-state index is 0.109. The van der Waals surface area contributed by atoms with Gasteiger partial charge in [-0.25, -0.2) is 4.79 Å². The normalized spacial score (nSPS) is 25.1. The van der Waals surface area contributed by atoms with Gasteiger partial charge in [-0.3, -0.25) is 9.69 Å². The van der Waals surface area contributed by atoms with E-state index < -0.39 is 5.54 Å². The standard InChI is InChI=1S/C13H23N3O2/c1-13(2)11(17)16(12(18)14-13)10-9-15-7-5-3-4-6-8-15/h3-10H2,1-2H3,(H,14,18). The molecule has 0 saturated carbocycles. The first kappa shape index (κ1) is 13.3. The van der Waals surface area contributed by atoms with E-state index in [9.17, 15) is 9.59 Å². The van der Waals surface area contributed by atoms with Gasteiger partial charge in [0, 0.05) is 13.1 Å². The van der Waals surface area contributed by atoms with Crippen LogP contribution in [0.15, 0.2) is 0 Å². The number of nitrogens with one attached hydrogen (secondary N) is 1. The van der Waals surface area contributed by atoms with E-state index in [0.29, 0.717) is 6.54 Å². The van der Waals surface area contributed by atoms with Crippen molar-refractivity contribution in [2.75, 3.05) is 26.2 Å². The van der Waals surface area contributed by atoms with Crippen LogP contribution in [-0.2, 0) is 4.79 Å². The zero-order chi connectivity index (χ0) is 13.2. The van der Waals surface area contributed by atoms with E-state index in [1.165, 1.54) is 30.6 Å². The lowest BCUT2D eigenvalue weighted by atomic mass is 10.1. The molecule has 2 aliphatic heterocycles. The molecule has 102 valence electrons. The van der Waals surface area contributed by atoms with Crippen molar-refractivity contribution in [2.45, 2.75) is 45.1 Å². The van der Waals surface area contributed by atoms with E-state index in [1.54, 1.807) is 13.8 Å². The zero-order valence-electron chi connectivity index (χ0n) is 11.4. The minimum Gasteiger partial charge on any atom is -0.324 e. The monoisotopic (exact) mass is 253 g/mol. The van der Waals surface area contributed by atoms with Crippen molar-refractivity contribution in [2.24, 2.45) is 0 Å². The Kier molecular flexibility index (Phi) is 3.90. The minimum atomic E-state index is -0.740. The third kappa shape index (κ3) is 2.83. The fourth-order valence-electron chi connectivity index (χ4n) is 2.62. The summed E-state index contributed by atoms with van der Waals surface area (Å²) in [6.45, 7) is 6.99. The first-order valence-electron chi connectivity index (χ1n) is 6.87. The molecule has 0 atom stereocenters. The van der Waals surface area contributed by atoms with E-state index in [2.05, 4.69) is 10.2 Å². The molecule has 3 amide bonds. The molecule has 2 rings (SSSR count). The molecular formula is C13H23N3O2. The van der Waals surface area contributed by atoms with E-state index in [-0.39, 0.29) is 11.9 Å². The molecule has 0 aliphatic carbocycles. The average molecular weight is 253 g/mol. The highest BCUT2D eigenvalue weighted by atomic mass is 16.2. The van der Waals surface area contributed by atoms with Gasteiger partial charge in [0.05, 0.1) is 0 Å². The van der Waals surface area contributed by atoms with Crippen LogP contribution in [0.3, 0.4) is 0 Å². The lowest BCUT2D eigenvalue weighted by Crippen LogP contribution is -2.42. The Morgan fingerprint density at radius 1 is 1.06 bits per heavy atom. The first-order valence-corrected chi connectivity index (χ1v) is 6.87. The Labute approximate surface area is 108 Å². The molecule has 5 nitrogen and oxygen atoms in total. The maximum atomic E-state index is 12.0. The molecule has 0 bridgehead atoms. The molecule has 0 spiro atoms. The predicted molar refractivity (Wildman–Crippen MR) is 69.2 cm³/mol. The molecule has 0 aromatic rings. The highest BCUT2D eigenvalue weighted by molar-refractivity contribution is 6.06. The number of nitrogens with zero attached hydrogens (tertiary/aromatic N) is 2. The molecule has 5 heteroatoms. The number of urea groups is 1. The number of rotatable bonds is 3. The summed E-state index contributed by atoms with van der Waals surface area (Å²) < 4.78 is 0. The van der Waals surface area contributed by atoms with Gasteiger partial charge in [0.15, 0.2) is 0 Å². The van der Waals surface area contributed by atoms with Crippen LogP contribution in [0.5, 0.6) is 0 Å². The van der Waals surface area contributed by atoms with E-state index in [0.717, 1.165) is 19.6 Å². The maximum Gasteiger partial charge on any atom is 0.325 e. The van der Waals surface area contributed by atoms with Crippen LogP contribution >= 0.6 is 0 Å². The summed E-state index contributed by atoms with van der Waals surface area (Å²) in [6.07, 6.45) is 5.05. The number of carbonyl (C=O) groups excluding carboxylic acids is 2. The predicted octanol–water partition coefficient (Wildman–Crippen LogP) is 1.19. The zero-order valence-corrected chi connectivity index (χ0v) is 11.4. The van der Waals surface area contributed by atoms with Crippen LogP contribution < -0.4 is 5.32 Å². The fraction of sp³-hybridized carbons (Fsp3) is 0.846. The Morgan fingerprint density at radius 2 is 1.67 bits per heavy atom. The molecule has 2 fully saturated rings. The van der Waals surface area contributed by atoms with Gasteiger partial charge >= 0.3 is 6.03 Å². The maximum absolute atomic E-state index is 12.0. The van der Waals surface area contributed by atoms with Crippen LogP contribution in [0.2, 0.25) is 0 Å². The summed E-state index contributed by atoms with van der Waals surface area (Å²) in [7, 11) is 0. The Bertz CT molecular complexity index is 333.